The number of carboxylic acid groups (broad SMARTS) is 1. The van der Waals surface area contributed by atoms with Crippen LogP contribution in [0.3, 0.4) is 0 Å². The Balaban J connectivity index is 2.68. The van der Waals surface area contributed by atoms with Crippen molar-refractivity contribution in [2.75, 3.05) is 13.1 Å². The Morgan fingerprint density at radius 2 is 2.22 bits per heavy atom. The summed E-state index contributed by atoms with van der Waals surface area (Å²) in [5, 5.41) is 12.5. The molecule has 1 heterocycles. The third-order valence-corrected chi connectivity index (χ3v) is 2.18. The minimum atomic E-state index is -4.42. The fraction of sp³-hybridized carbons (Fsp3) is 0.600. The van der Waals surface area contributed by atoms with E-state index in [0.29, 0.717) is 12.1 Å². The van der Waals surface area contributed by atoms with Gasteiger partial charge in [0.15, 0.2) is 0 Å². The summed E-state index contributed by atoms with van der Waals surface area (Å²) < 4.78 is 38.4. The minimum absolute atomic E-state index is 0.0915. The highest BCUT2D eigenvalue weighted by molar-refractivity contribution is 5.69. The van der Waals surface area contributed by atoms with E-state index >= 15 is 0 Å². The van der Waals surface area contributed by atoms with Gasteiger partial charge >= 0.3 is 12.1 Å². The van der Waals surface area contributed by atoms with Crippen LogP contribution in [0.4, 0.5) is 13.2 Å². The predicted molar refractivity (Wildman–Crippen MR) is 56.9 cm³/mol. The van der Waals surface area contributed by atoms with E-state index in [2.05, 4.69) is 5.10 Å². The highest BCUT2D eigenvalue weighted by Crippen LogP contribution is 2.17. The zero-order valence-electron chi connectivity index (χ0n) is 9.81. The number of nitrogens with zero attached hydrogens (tertiary/aromatic N) is 3. The normalized spacial score (nSPS) is 12.1. The molecular formula is C10H14F3N3O2. The molecule has 0 aromatic carbocycles. The smallest absolute Gasteiger partial charge is 0.401 e. The molecule has 0 aliphatic heterocycles. The van der Waals surface area contributed by atoms with Crippen molar-refractivity contribution in [3.8, 4) is 0 Å². The number of halogens is 3. The number of hydrogen-bond donors (Lipinski definition) is 1. The number of aromatic nitrogens is 2. The summed E-state index contributed by atoms with van der Waals surface area (Å²) in [5.41, 5.74) is 0.558. The molecule has 1 aromatic heterocycles. The maximum absolute atomic E-state index is 12.3. The van der Waals surface area contributed by atoms with Gasteiger partial charge in [-0.2, -0.15) is 18.3 Å². The van der Waals surface area contributed by atoms with E-state index in [1.165, 1.54) is 6.20 Å². The van der Waals surface area contributed by atoms with Crippen molar-refractivity contribution < 1.29 is 23.1 Å². The van der Waals surface area contributed by atoms with Crippen molar-refractivity contribution in [3.63, 3.8) is 0 Å². The number of aliphatic carboxylic acids is 1. The van der Waals surface area contributed by atoms with E-state index in [1.807, 2.05) is 6.92 Å². The highest BCUT2D eigenvalue weighted by atomic mass is 19.4. The average Bonchev–Trinajstić information content (AvgIpc) is 2.61. The van der Waals surface area contributed by atoms with Crippen LogP contribution in [-0.4, -0.2) is 45.0 Å². The molecule has 0 spiro atoms. The van der Waals surface area contributed by atoms with Gasteiger partial charge in [0, 0.05) is 24.8 Å². The van der Waals surface area contributed by atoms with Crippen LogP contribution in [0.1, 0.15) is 12.5 Å². The quantitative estimate of drug-likeness (QED) is 0.843. The third-order valence-electron chi connectivity index (χ3n) is 2.18. The molecule has 1 N–H and O–H groups in total. The lowest BCUT2D eigenvalue weighted by Gasteiger charge is -2.20. The lowest BCUT2D eigenvalue weighted by Crippen LogP contribution is -2.37. The van der Waals surface area contributed by atoms with Crippen LogP contribution in [0, 0.1) is 0 Å². The van der Waals surface area contributed by atoms with Crippen molar-refractivity contribution in [2.45, 2.75) is 26.2 Å². The zero-order chi connectivity index (χ0) is 13.8. The van der Waals surface area contributed by atoms with Gasteiger partial charge in [-0.25, -0.2) is 0 Å². The van der Waals surface area contributed by atoms with Crippen LogP contribution in [0.2, 0.25) is 0 Å². The summed E-state index contributed by atoms with van der Waals surface area (Å²) in [4.78, 5) is 11.3. The first-order valence-corrected chi connectivity index (χ1v) is 5.32. The highest BCUT2D eigenvalue weighted by Gasteiger charge is 2.31. The van der Waals surface area contributed by atoms with Crippen LogP contribution in [0.5, 0.6) is 0 Å². The van der Waals surface area contributed by atoms with E-state index in [1.54, 1.807) is 10.9 Å². The molecule has 1 rings (SSSR count). The predicted octanol–water partition coefficient (Wildman–Crippen LogP) is 1.35. The lowest BCUT2D eigenvalue weighted by molar-refractivity contribution is -0.154. The second-order valence-electron chi connectivity index (χ2n) is 3.86. The molecule has 0 aliphatic carbocycles. The van der Waals surface area contributed by atoms with Gasteiger partial charge in [0.2, 0.25) is 0 Å². The average molecular weight is 265 g/mol. The number of carbonyl (C=O) groups is 1. The monoisotopic (exact) mass is 265 g/mol. The number of rotatable bonds is 6. The molecule has 0 bridgehead atoms. The molecule has 0 saturated carbocycles. The molecule has 0 radical (unpaired) electrons. The Morgan fingerprint density at radius 1 is 1.56 bits per heavy atom. The molecule has 0 amide bonds. The van der Waals surface area contributed by atoms with Crippen molar-refractivity contribution in [3.05, 3.63) is 18.0 Å². The SMILES string of the molecule is CCn1cc(CN(CC(=O)O)CC(F)(F)F)cn1. The van der Waals surface area contributed by atoms with Gasteiger partial charge in [0.25, 0.3) is 0 Å². The van der Waals surface area contributed by atoms with Gasteiger partial charge in [-0.1, -0.05) is 0 Å². The van der Waals surface area contributed by atoms with Gasteiger partial charge in [-0.3, -0.25) is 14.4 Å². The second-order valence-corrected chi connectivity index (χ2v) is 3.86. The van der Waals surface area contributed by atoms with E-state index in [9.17, 15) is 18.0 Å². The molecule has 1 aromatic rings. The first-order chi connectivity index (χ1) is 8.30. The van der Waals surface area contributed by atoms with Crippen LogP contribution >= 0.6 is 0 Å². The lowest BCUT2D eigenvalue weighted by atomic mass is 10.3. The molecular weight excluding hydrogens is 251 g/mol. The van der Waals surface area contributed by atoms with E-state index < -0.39 is 25.2 Å². The van der Waals surface area contributed by atoms with Gasteiger partial charge in [-0.05, 0) is 6.92 Å². The summed E-state index contributed by atoms with van der Waals surface area (Å²) in [6, 6.07) is 0. The first-order valence-electron chi connectivity index (χ1n) is 5.32. The van der Waals surface area contributed by atoms with E-state index in [0.717, 1.165) is 4.90 Å². The van der Waals surface area contributed by atoms with Gasteiger partial charge in [0.05, 0.1) is 19.3 Å². The van der Waals surface area contributed by atoms with Crippen LogP contribution in [0.25, 0.3) is 0 Å². The van der Waals surface area contributed by atoms with Gasteiger partial charge in [-0.15, -0.1) is 0 Å². The standard InChI is InChI=1S/C10H14F3N3O2/c1-2-16-5-8(3-14-16)4-15(6-9(17)18)7-10(11,12)13/h3,5H,2,4,6-7H2,1H3,(H,17,18). The van der Waals surface area contributed by atoms with Crippen molar-refractivity contribution >= 4 is 5.97 Å². The molecule has 0 aliphatic rings. The van der Waals surface area contributed by atoms with Crippen LogP contribution < -0.4 is 0 Å². The Kier molecular flexibility index (Phi) is 4.71. The van der Waals surface area contributed by atoms with Crippen LogP contribution in [0.15, 0.2) is 12.4 Å². The molecule has 102 valence electrons. The number of hydrogen-bond acceptors (Lipinski definition) is 3. The van der Waals surface area contributed by atoms with E-state index in [-0.39, 0.29) is 6.54 Å². The molecule has 8 heteroatoms. The zero-order valence-corrected chi connectivity index (χ0v) is 9.81. The summed E-state index contributed by atoms with van der Waals surface area (Å²) in [5.74, 6) is -1.29. The maximum Gasteiger partial charge on any atom is 0.401 e. The molecule has 0 fully saturated rings. The summed E-state index contributed by atoms with van der Waals surface area (Å²) in [7, 11) is 0. The Hall–Kier alpha value is -1.57. The Bertz CT molecular complexity index is 403. The van der Waals surface area contributed by atoms with E-state index in [4.69, 9.17) is 5.11 Å². The van der Waals surface area contributed by atoms with Crippen molar-refractivity contribution in [1.82, 2.24) is 14.7 Å². The number of carboxylic acids is 1. The Labute approximate surface area is 102 Å². The van der Waals surface area contributed by atoms with Crippen LogP contribution in [-0.2, 0) is 17.9 Å². The van der Waals surface area contributed by atoms with Crippen molar-refractivity contribution in [2.24, 2.45) is 0 Å². The molecule has 5 nitrogen and oxygen atoms in total. The summed E-state index contributed by atoms with van der Waals surface area (Å²) >= 11 is 0. The van der Waals surface area contributed by atoms with Gasteiger partial charge < -0.3 is 5.11 Å². The minimum Gasteiger partial charge on any atom is -0.480 e. The number of alkyl halides is 3. The fourth-order valence-electron chi connectivity index (χ4n) is 1.53. The third kappa shape index (κ3) is 5.17. The van der Waals surface area contributed by atoms with Crippen molar-refractivity contribution in [1.29, 1.82) is 0 Å². The Morgan fingerprint density at radius 3 is 2.67 bits per heavy atom. The maximum atomic E-state index is 12.3. The molecule has 0 saturated heterocycles. The topological polar surface area (TPSA) is 58.4 Å². The number of aryl methyl sites for hydroxylation is 1. The second kappa shape index (κ2) is 5.85. The molecule has 18 heavy (non-hydrogen) atoms. The molecule has 0 unspecified atom stereocenters. The fourth-order valence-corrected chi connectivity index (χ4v) is 1.53. The summed E-state index contributed by atoms with van der Waals surface area (Å²) in [6.07, 6.45) is -1.38. The first kappa shape index (κ1) is 14.5. The largest absolute Gasteiger partial charge is 0.480 e. The van der Waals surface area contributed by atoms with Gasteiger partial charge in [0.1, 0.15) is 0 Å². The summed E-state index contributed by atoms with van der Waals surface area (Å²) in [6.45, 7) is 0.457. The molecule has 0 atom stereocenters.